The smallest absolute Gasteiger partial charge is 0.292 e. The van der Waals surface area contributed by atoms with Crippen LogP contribution in [0.25, 0.3) is 0 Å². The molecule has 2 heterocycles. The molecule has 0 aromatic carbocycles. The van der Waals surface area contributed by atoms with Gasteiger partial charge in [-0.15, -0.1) is 0 Å². The van der Waals surface area contributed by atoms with Gasteiger partial charge in [-0.3, -0.25) is 14.6 Å². The van der Waals surface area contributed by atoms with E-state index in [0.29, 0.717) is 12.4 Å². The number of rotatable bonds is 6. The molecule has 0 radical (unpaired) electrons. The zero-order valence-corrected chi connectivity index (χ0v) is 15.6. The maximum absolute atomic E-state index is 11.6. The third-order valence-corrected chi connectivity index (χ3v) is 5.68. The van der Waals surface area contributed by atoms with Crippen molar-refractivity contribution in [3.8, 4) is 0 Å². The van der Waals surface area contributed by atoms with Gasteiger partial charge in [0, 0.05) is 19.1 Å². The van der Waals surface area contributed by atoms with E-state index >= 15 is 0 Å². The van der Waals surface area contributed by atoms with E-state index in [9.17, 15) is 4.79 Å². The first-order chi connectivity index (χ1) is 12.1. The summed E-state index contributed by atoms with van der Waals surface area (Å²) in [7, 11) is 3.68. The minimum atomic E-state index is -0.310. The highest BCUT2D eigenvalue weighted by atomic mass is 16.5. The summed E-state index contributed by atoms with van der Waals surface area (Å²) in [4.78, 5) is 20.8. The highest BCUT2D eigenvalue weighted by Gasteiger charge is 2.39. The molecule has 0 spiro atoms. The molecule has 1 N–H and O–H groups in total. The summed E-state index contributed by atoms with van der Waals surface area (Å²) in [5.41, 5.74) is 0.289. The molecular weight excluding hydrogens is 318 g/mol. The van der Waals surface area contributed by atoms with Crippen molar-refractivity contribution < 1.29 is 9.32 Å². The fourth-order valence-electron chi connectivity index (χ4n) is 4.46. The van der Waals surface area contributed by atoms with E-state index in [0.717, 1.165) is 6.54 Å². The number of nitrogens with zero attached hydrogens (tertiary/aromatic N) is 4. The van der Waals surface area contributed by atoms with Crippen LogP contribution in [0, 0.1) is 0 Å². The number of amides is 1. The van der Waals surface area contributed by atoms with Crippen molar-refractivity contribution in [3.63, 3.8) is 0 Å². The lowest BCUT2D eigenvalue weighted by Crippen LogP contribution is -2.57. The van der Waals surface area contributed by atoms with Gasteiger partial charge in [0.1, 0.15) is 0 Å². The van der Waals surface area contributed by atoms with Gasteiger partial charge in [-0.05, 0) is 45.8 Å². The van der Waals surface area contributed by atoms with Crippen molar-refractivity contribution >= 4 is 5.91 Å². The van der Waals surface area contributed by atoms with Crippen molar-refractivity contribution in [1.82, 2.24) is 25.3 Å². The molecule has 1 aromatic heterocycles. The van der Waals surface area contributed by atoms with E-state index in [2.05, 4.69) is 32.3 Å². The van der Waals surface area contributed by atoms with Crippen molar-refractivity contribution in [1.29, 1.82) is 0 Å². The zero-order chi connectivity index (χ0) is 17.7. The monoisotopic (exact) mass is 349 g/mol. The number of likely N-dealkylation sites (N-methyl/N-ethyl adjacent to an activating group) is 1. The van der Waals surface area contributed by atoms with E-state index in [-0.39, 0.29) is 17.3 Å². The van der Waals surface area contributed by atoms with Crippen LogP contribution >= 0.6 is 0 Å². The molecule has 25 heavy (non-hydrogen) atoms. The standard InChI is InChI=1S/C18H31N5O2/c1-19-17(24)16-20-15(25-21-16)13-22(2)14-18(9-5-3-6-10-18)23-11-7-4-8-12-23/h3-14H2,1-2H3,(H,19,24). The van der Waals surface area contributed by atoms with Crippen molar-refractivity contribution in [3.05, 3.63) is 11.7 Å². The summed E-state index contributed by atoms with van der Waals surface area (Å²) in [6, 6.07) is 0. The summed E-state index contributed by atoms with van der Waals surface area (Å²) in [5, 5.41) is 6.28. The minimum absolute atomic E-state index is 0.106. The fraction of sp³-hybridized carbons (Fsp3) is 0.833. The Morgan fingerprint density at radius 2 is 1.88 bits per heavy atom. The maximum Gasteiger partial charge on any atom is 0.292 e. The fourth-order valence-corrected chi connectivity index (χ4v) is 4.46. The second-order valence-electron chi connectivity index (χ2n) is 7.60. The van der Waals surface area contributed by atoms with Crippen LogP contribution < -0.4 is 5.32 Å². The number of aromatic nitrogens is 2. The lowest BCUT2D eigenvalue weighted by Gasteiger charge is -2.49. The first kappa shape index (κ1) is 18.3. The topological polar surface area (TPSA) is 74.5 Å². The van der Waals surface area contributed by atoms with Crippen LogP contribution in [0.2, 0.25) is 0 Å². The predicted molar refractivity (Wildman–Crippen MR) is 95.3 cm³/mol. The molecule has 1 saturated carbocycles. The number of piperidine rings is 1. The molecule has 3 rings (SSSR count). The normalized spacial score (nSPS) is 21.4. The van der Waals surface area contributed by atoms with Crippen LogP contribution in [0.5, 0.6) is 0 Å². The Morgan fingerprint density at radius 3 is 2.56 bits per heavy atom. The lowest BCUT2D eigenvalue weighted by atomic mass is 9.79. The molecule has 0 bridgehead atoms. The van der Waals surface area contributed by atoms with Gasteiger partial charge in [0.2, 0.25) is 5.89 Å². The first-order valence-corrected chi connectivity index (χ1v) is 9.61. The van der Waals surface area contributed by atoms with Gasteiger partial charge >= 0.3 is 0 Å². The molecule has 140 valence electrons. The SMILES string of the molecule is CNC(=O)c1noc(CN(C)CC2(N3CCCCC3)CCCCC2)n1. The number of nitrogens with one attached hydrogen (secondary N) is 1. The Balaban J connectivity index is 1.64. The van der Waals surface area contributed by atoms with Gasteiger partial charge < -0.3 is 9.84 Å². The number of hydrogen-bond donors (Lipinski definition) is 1. The van der Waals surface area contributed by atoms with Crippen molar-refractivity contribution in [2.45, 2.75) is 63.5 Å². The van der Waals surface area contributed by atoms with Crippen LogP contribution in [-0.4, -0.2) is 65.1 Å². The van der Waals surface area contributed by atoms with Crippen LogP contribution in [0.15, 0.2) is 4.52 Å². The Bertz CT molecular complexity index is 562. The Morgan fingerprint density at radius 1 is 1.20 bits per heavy atom. The lowest BCUT2D eigenvalue weighted by molar-refractivity contribution is 0.00619. The third kappa shape index (κ3) is 4.39. The van der Waals surface area contributed by atoms with E-state index in [1.54, 1.807) is 7.05 Å². The number of carbonyl (C=O) groups excluding carboxylic acids is 1. The van der Waals surface area contributed by atoms with Gasteiger partial charge in [-0.25, -0.2) is 0 Å². The van der Waals surface area contributed by atoms with E-state index in [1.807, 2.05) is 0 Å². The minimum Gasteiger partial charge on any atom is -0.352 e. The van der Waals surface area contributed by atoms with Crippen molar-refractivity contribution in [2.24, 2.45) is 0 Å². The molecule has 1 aromatic rings. The summed E-state index contributed by atoms with van der Waals surface area (Å²) in [5.74, 6) is 0.301. The summed E-state index contributed by atoms with van der Waals surface area (Å²) < 4.78 is 5.25. The maximum atomic E-state index is 11.6. The molecule has 0 atom stereocenters. The van der Waals surface area contributed by atoms with E-state index < -0.39 is 0 Å². The quantitative estimate of drug-likeness (QED) is 0.847. The molecule has 1 amide bonds. The van der Waals surface area contributed by atoms with Crippen molar-refractivity contribution in [2.75, 3.05) is 33.7 Å². The van der Waals surface area contributed by atoms with Gasteiger partial charge in [0.05, 0.1) is 6.54 Å². The summed E-state index contributed by atoms with van der Waals surface area (Å²) in [6.07, 6.45) is 10.6. The van der Waals surface area contributed by atoms with Gasteiger partial charge in [0.15, 0.2) is 0 Å². The van der Waals surface area contributed by atoms with Gasteiger partial charge in [-0.2, -0.15) is 4.98 Å². The Hall–Kier alpha value is -1.47. The molecule has 1 saturated heterocycles. The highest BCUT2D eigenvalue weighted by Crippen LogP contribution is 2.36. The van der Waals surface area contributed by atoms with Gasteiger partial charge in [0.25, 0.3) is 11.7 Å². The number of carbonyl (C=O) groups is 1. The van der Waals surface area contributed by atoms with Crippen LogP contribution in [0.3, 0.4) is 0 Å². The van der Waals surface area contributed by atoms with Crippen LogP contribution in [-0.2, 0) is 6.54 Å². The van der Waals surface area contributed by atoms with E-state index in [1.165, 1.54) is 64.5 Å². The largest absolute Gasteiger partial charge is 0.352 e. The Labute approximate surface area is 150 Å². The van der Waals surface area contributed by atoms with Crippen LogP contribution in [0.1, 0.15) is 67.9 Å². The second-order valence-corrected chi connectivity index (χ2v) is 7.60. The van der Waals surface area contributed by atoms with E-state index in [4.69, 9.17) is 4.52 Å². The second kappa shape index (κ2) is 8.27. The average Bonchev–Trinajstić information content (AvgIpc) is 3.11. The zero-order valence-electron chi connectivity index (χ0n) is 15.6. The molecule has 2 fully saturated rings. The van der Waals surface area contributed by atoms with Crippen LogP contribution in [0.4, 0.5) is 0 Å². The molecule has 1 aliphatic heterocycles. The molecule has 1 aliphatic carbocycles. The highest BCUT2D eigenvalue weighted by molar-refractivity contribution is 5.89. The number of hydrogen-bond acceptors (Lipinski definition) is 6. The summed E-state index contributed by atoms with van der Waals surface area (Å²) in [6.45, 7) is 4.06. The first-order valence-electron chi connectivity index (χ1n) is 9.61. The third-order valence-electron chi connectivity index (χ3n) is 5.68. The number of likely N-dealkylation sites (tertiary alicyclic amines) is 1. The van der Waals surface area contributed by atoms with Gasteiger partial charge in [-0.1, -0.05) is 30.8 Å². The molecule has 7 nitrogen and oxygen atoms in total. The average molecular weight is 349 g/mol. The predicted octanol–water partition coefficient (Wildman–Crippen LogP) is 2.05. The Kier molecular flexibility index (Phi) is 6.06. The molecule has 0 unspecified atom stereocenters. The molecule has 2 aliphatic rings. The molecule has 7 heteroatoms. The summed E-state index contributed by atoms with van der Waals surface area (Å²) >= 11 is 0. The molecular formula is C18H31N5O2.